The number of rotatable bonds is 5. The number of benzene rings is 3. The zero-order valence-corrected chi connectivity index (χ0v) is 16.9. The first-order valence-corrected chi connectivity index (χ1v) is 10.0. The van der Waals surface area contributed by atoms with Crippen LogP contribution in [-0.4, -0.2) is 18.2 Å². The normalized spacial score (nSPS) is 11.7. The molecule has 0 amide bonds. The topological polar surface area (TPSA) is 26.5 Å². The van der Waals surface area contributed by atoms with Gasteiger partial charge in [0.05, 0.1) is 25.0 Å². The highest BCUT2D eigenvalue weighted by Gasteiger charge is 2.16. The van der Waals surface area contributed by atoms with E-state index in [0.29, 0.717) is 6.54 Å². The molecule has 0 aliphatic heterocycles. The molecule has 140 valence electrons. The smallest absolute Gasteiger partial charge is 0.190 e. The fraction of sp³-hybridized carbons (Fsp3) is 0.125. The van der Waals surface area contributed by atoms with E-state index in [-0.39, 0.29) is 0 Å². The molecule has 0 aliphatic rings. The molecule has 0 unspecified atom stereocenters. The highest BCUT2D eigenvalue weighted by molar-refractivity contribution is 7.09. The van der Waals surface area contributed by atoms with Gasteiger partial charge in [0.2, 0.25) is 0 Å². The number of methoxy groups -OCH3 is 1. The summed E-state index contributed by atoms with van der Waals surface area (Å²) in [6.45, 7) is 6.56. The summed E-state index contributed by atoms with van der Waals surface area (Å²) >= 11 is 1.71. The second kappa shape index (κ2) is 7.87. The van der Waals surface area contributed by atoms with Crippen molar-refractivity contribution in [2.24, 2.45) is 4.99 Å². The number of hydrogen-bond donors (Lipinski definition) is 0. The van der Waals surface area contributed by atoms with Crippen molar-refractivity contribution in [3.63, 3.8) is 0 Å². The van der Waals surface area contributed by atoms with Crippen LogP contribution in [0.2, 0.25) is 0 Å². The van der Waals surface area contributed by atoms with E-state index in [9.17, 15) is 0 Å². The van der Waals surface area contributed by atoms with E-state index in [0.717, 1.165) is 27.5 Å². The number of nitrogens with zero attached hydrogens (tertiary/aromatic N) is 2. The minimum Gasteiger partial charge on any atom is -0.497 e. The molecule has 28 heavy (non-hydrogen) atoms. The van der Waals surface area contributed by atoms with Crippen LogP contribution in [0.1, 0.15) is 4.88 Å². The fourth-order valence-electron chi connectivity index (χ4n) is 3.44. The van der Waals surface area contributed by atoms with Gasteiger partial charge in [0, 0.05) is 10.3 Å². The van der Waals surface area contributed by atoms with Crippen molar-refractivity contribution in [1.82, 2.24) is 4.57 Å². The van der Waals surface area contributed by atoms with E-state index in [4.69, 9.17) is 9.73 Å². The van der Waals surface area contributed by atoms with Crippen molar-refractivity contribution in [3.8, 4) is 22.7 Å². The Labute approximate surface area is 168 Å². The zero-order chi connectivity index (χ0) is 19.5. The predicted octanol–water partition coefficient (Wildman–Crippen LogP) is 5.76. The molecule has 4 heteroatoms. The van der Waals surface area contributed by atoms with Gasteiger partial charge in [-0.3, -0.25) is 9.56 Å². The maximum absolute atomic E-state index is 5.33. The third-order valence-electron chi connectivity index (χ3n) is 4.72. The highest BCUT2D eigenvalue weighted by Crippen LogP contribution is 2.32. The van der Waals surface area contributed by atoms with E-state index in [1.54, 1.807) is 18.4 Å². The average molecular weight is 387 g/mol. The summed E-state index contributed by atoms with van der Waals surface area (Å²) in [7, 11) is 1.69. The molecule has 1 aromatic heterocycles. The maximum Gasteiger partial charge on any atom is 0.190 e. The molecule has 4 aromatic rings. The molecule has 1 heterocycles. The van der Waals surface area contributed by atoms with Crippen molar-refractivity contribution in [2.45, 2.75) is 6.92 Å². The van der Waals surface area contributed by atoms with E-state index in [2.05, 4.69) is 72.7 Å². The molecule has 0 aliphatic carbocycles. The summed E-state index contributed by atoms with van der Waals surface area (Å²) in [5, 5.41) is 2.42. The van der Waals surface area contributed by atoms with Crippen LogP contribution in [0.5, 0.6) is 5.75 Å². The molecule has 0 saturated carbocycles. The number of aryl methyl sites for hydroxylation is 1. The fourth-order valence-corrected chi connectivity index (χ4v) is 4.44. The van der Waals surface area contributed by atoms with Crippen LogP contribution in [0, 0.1) is 6.92 Å². The van der Waals surface area contributed by atoms with Gasteiger partial charge in [0.15, 0.2) is 4.80 Å². The van der Waals surface area contributed by atoms with Gasteiger partial charge in [-0.15, -0.1) is 17.9 Å². The van der Waals surface area contributed by atoms with Gasteiger partial charge in [-0.2, -0.15) is 0 Å². The van der Waals surface area contributed by atoms with Crippen molar-refractivity contribution < 1.29 is 4.74 Å². The van der Waals surface area contributed by atoms with Crippen molar-refractivity contribution >= 4 is 22.1 Å². The number of fused-ring (bicyclic) bond motifs is 1. The Morgan fingerprint density at radius 2 is 1.79 bits per heavy atom. The molecule has 4 rings (SSSR count). The molecule has 0 radical (unpaired) electrons. The molecule has 0 fully saturated rings. The quantitative estimate of drug-likeness (QED) is 0.400. The number of aromatic nitrogens is 1. The van der Waals surface area contributed by atoms with E-state index in [1.165, 1.54) is 15.6 Å². The number of ether oxygens (including phenoxy) is 1. The minimum absolute atomic E-state index is 0.590. The Morgan fingerprint density at radius 3 is 2.54 bits per heavy atom. The number of hydrogen-bond acceptors (Lipinski definition) is 3. The van der Waals surface area contributed by atoms with Crippen molar-refractivity contribution in [1.29, 1.82) is 0 Å². The average Bonchev–Trinajstić information content (AvgIpc) is 3.07. The van der Waals surface area contributed by atoms with E-state index >= 15 is 0 Å². The lowest BCUT2D eigenvalue weighted by molar-refractivity contribution is 0.415. The second-order valence-electron chi connectivity index (χ2n) is 6.48. The summed E-state index contributed by atoms with van der Waals surface area (Å²) in [6.07, 6.45) is 1.83. The van der Waals surface area contributed by atoms with E-state index < -0.39 is 0 Å². The third kappa shape index (κ3) is 3.27. The lowest BCUT2D eigenvalue weighted by Crippen LogP contribution is -2.15. The van der Waals surface area contributed by atoms with Gasteiger partial charge in [0.1, 0.15) is 5.75 Å². The first-order valence-electron chi connectivity index (χ1n) is 9.19. The molecular formula is C24H22N2OS. The molecule has 3 nitrogen and oxygen atoms in total. The summed E-state index contributed by atoms with van der Waals surface area (Å²) < 4.78 is 7.60. The van der Waals surface area contributed by atoms with Gasteiger partial charge in [-0.1, -0.05) is 42.5 Å². The Balaban J connectivity index is 2.05. The number of thiazole rings is 1. The highest BCUT2D eigenvalue weighted by atomic mass is 32.1. The standard InChI is InChI=1S/C24H22N2OS/c1-4-16-25-24-26(22-11-7-9-18-8-5-6-10-21(18)22)23(17(2)28-24)19-12-14-20(27-3)15-13-19/h4-15H,1,16H2,2-3H3. The molecule has 0 atom stereocenters. The first kappa shape index (κ1) is 18.3. The predicted molar refractivity (Wildman–Crippen MR) is 119 cm³/mol. The second-order valence-corrected chi connectivity index (χ2v) is 7.66. The monoisotopic (exact) mass is 386 g/mol. The molecule has 0 N–H and O–H groups in total. The third-order valence-corrected chi connectivity index (χ3v) is 5.71. The zero-order valence-electron chi connectivity index (χ0n) is 16.1. The van der Waals surface area contributed by atoms with Crippen LogP contribution in [-0.2, 0) is 0 Å². The summed E-state index contributed by atoms with van der Waals surface area (Å²) in [6, 6.07) is 23.1. The van der Waals surface area contributed by atoms with Gasteiger partial charge >= 0.3 is 0 Å². The molecular weight excluding hydrogens is 364 g/mol. The van der Waals surface area contributed by atoms with Gasteiger partial charge in [0.25, 0.3) is 0 Å². The summed E-state index contributed by atoms with van der Waals surface area (Å²) in [4.78, 5) is 6.98. The van der Waals surface area contributed by atoms with Crippen molar-refractivity contribution in [2.75, 3.05) is 13.7 Å². The SMILES string of the molecule is C=CCN=c1sc(C)c(-c2ccc(OC)cc2)n1-c1cccc2ccccc12. The van der Waals surface area contributed by atoms with Crippen LogP contribution in [0.4, 0.5) is 0 Å². The molecule has 0 bridgehead atoms. The van der Waals surface area contributed by atoms with Crippen LogP contribution in [0.25, 0.3) is 27.7 Å². The van der Waals surface area contributed by atoms with Crippen molar-refractivity contribution in [3.05, 3.63) is 89.1 Å². The minimum atomic E-state index is 0.590. The largest absolute Gasteiger partial charge is 0.497 e. The molecule has 0 spiro atoms. The maximum atomic E-state index is 5.33. The van der Waals surface area contributed by atoms with Crippen LogP contribution >= 0.6 is 11.3 Å². The Hall–Kier alpha value is -3.11. The van der Waals surface area contributed by atoms with Gasteiger partial charge < -0.3 is 4.74 Å². The van der Waals surface area contributed by atoms with Crippen LogP contribution in [0.3, 0.4) is 0 Å². The lowest BCUT2D eigenvalue weighted by Gasteiger charge is -2.13. The van der Waals surface area contributed by atoms with Crippen LogP contribution in [0.15, 0.2) is 84.4 Å². The summed E-state index contributed by atoms with van der Waals surface area (Å²) in [5.74, 6) is 0.852. The Bertz CT molecular complexity index is 1190. The Morgan fingerprint density at radius 1 is 1.04 bits per heavy atom. The molecule has 0 saturated heterocycles. The first-order chi connectivity index (χ1) is 13.7. The van der Waals surface area contributed by atoms with E-state index in [1.807, 2.05) is 18.2 Å². The van der Waals surface area contributed by atoms with Gasteiger partial charge in [-0.05, 0) is 48.2 Å². The van der Waals surface area contributed by atoms with Gasteiger partial charge in [-0.25, -0.2) is 0 Å². The lowest BCUT2D eigenvalue weighted by atomic mass is 10.1. The summed E-state index contributed by atoms with van der Waals surface area (Å²) in [5.41, 5.74) is 3.44. The van der Waals surface area contributed by atoms with Crippen LogP contribution < -0.4 is 9.54 Å². The molecule has 3 aromatic carbocycles. The Kier molecular flexibility index (Phi) is 5.13.